The summed E-state index contributed by atoms with van der Waals surface area (Å²) in [5, 5.41) is 9.19. The van der Waals surface area contributed by atoms with Gasteiger partial charge in [-0.25, -0.2) is 9.67 Å². The van der Waals surface area contributed by atoms with E-state index in [0.717, 1.165) is 80.5 Å². The van der Waals surface area contributed by atoms with Crippen LogP contribution in [-0.2, 0) is 9.53 Å². The average Bonchev–Trinajstić information content (AvgIpc) is 3.31. The van der Waals surface area contributed by atoms with Gasteiger partial charge in [0.1, 0.15) is 0 Å². The van der Waals surface area contributed by atoms with Gasteiger partial charge in [-0.05, 0) is 33.0 Å². The maximum absolute atomic E-state index is 8.58. The first-order valence-corrected chi connectivity index (χ1v) is 10.9. The van der Waals surface area contributed by atoms with Crippen LogP contribution in [0.1, 0.15) is 18.9 Å². The summed E-state index contributed by atoms with van der Waals surface area (Å²) >= 11 is 0. The van der Waals surface area contributed by atoms with Gasteiger partial charge in [-0.3, -0.25) is 4.79 Å². The topological polar surface area (TPSA) is 137 Å². The Morgan fingerprint density at radius 2 is 1.75 bits per heavy atom. The molecule has 5 rings (SSSR count). The Hall–Kier alpha value is -3.08. The number of amides is 1. The van der Waals surface area contributed by atoms with E-state index in [2.05, 4.69) is 50.6 Å². The van der Waals surface area contributed by atoms with E-state index in [1.807, 2.05) is 12.3 Å². The predicted molar refractivity (Wildman–Crippen MR) is 125 cm³/mol. The number of hydrogen-bond donors (Lipinski definition) is 3. The third kappa shape index (κ3) is 5.39. The minimum atomic E-state index is 0.250. The van der Waals surface area contributed by atoms with E-state index >= 15 is 0 Å². The zero-order chi connectivity index (χ0) is 22.8. The SMILES string of the molecule is CN.NC=O.c1ccc(-c2nc(N3CCOCC3)nc3c2cnn3C2CCNCC2)cc1. The summed E-state index contributed by atoms with van der Waals surface area (Å²) in [5.41, 5.74) is 11.7. The molecular weight excluding hydrogens is 408 g/mol. The molecule has 2 fully saturated rings. The summed E-state index contributed by atoms with van der Waals surface area (Å²) in [5.74, 6) is 0.778. The van der Waals surface area contributed by atoms with Crippen molar-refractivity contribution in [1.82, 2.24) is 25.1 Å². The highest BCUT2D eigenvalue weighted by Gasteiger charge is 2.23. The van der Waals surface area contributed by atoms with Crippen molar-refractivity contribution >= 4 is 23.4 Å². The molecule has 0 saturated carbocycles. The molecule has 2 aromatic heterocycles. The standard InChI is InChI=1S/C20H24N6O.CH3NO.CH5N/c1-2-4-15(5-3-1)18-17-14-22-26(16-6-8-21-9-7-16)19(17)24-20(23-18)25-10-12-27-13-11-25;2-1-3;1-2/h1-5,14,16,21H,6-13H2;1H,(H2,2,3);2H2,1H3. The second-order valence-corrected chi connectivity index (χ2v) is 7.28. The number of fused-ring (bicyclic) bond motifs is 1. The molecule has 1 aromatic carbocycles. The van der Waals surface area contributed by atoms with Crippen molar-refractivity contribution in [3.05, 3.63) is 36.5 Å². The lowest BCUT2D eigenvalue weighted by Gasteiger charge is -2.27. The minimum absolute atomic E-state index is 0.250. The molecule has 4 heterocycles. The maximum atomic E-state index is 8.58. The van der Waals surface area contributed by atoms with Crippen LogP contribution < -0.4 is 21.7 Å². The van der Waals surface area contributed by atoms with Crippen LogP contribution in [0.4, 0.5) is 5.95 Å². The van der Waals surface area contributed by atoms with E-state index in [1.165, 1.54) is 7.05 Å². The molecule has 2 saturated heterocycles. The lowest BCUT2D eigenvalue weighted by molar-refractivity contribution is -0.106. The Labute approximate surface area is 187 Å². The third-order valence-corrected chi connectivity index (χ3v) is 5.44. The van der Waals surface area contributed by atoms with E-state index in [4.69, 9.17) is 24.6 Å². The van der Waals surface area contributed by atoms with Crippen LogP contribution in [0, 0.1) is 0 Å². The first-order chi connectivity index (χ1) is 15.8. The van der Waals surface area contributed by atoms with Gasteiger partial charge in [-0.2, -0.15) is 10.1 Å². The number of piperidine rings is 1. The summed E-state index contributed by atoms with van der Waals surface area (Å²) in [6.07, 6.45) is 4.34. The van der Waals surface area contributed by atoms with Crippen LogP contribution >= 0.6 is 0 Å². The van der Waals surface area contributed by atoms with Crippen LogP contribution in [-0.4, -0.2) is 72.6 Å². The Balaban J connectivity index is 0.000000536. The van der Waals surface area contributed by atoms with Crippen molar-refractivity contribution in [2.45, 2.75) is 18.9 Å². The molecule has 10 heteroatoms. The molecule has 10 nitrogen and oxygen atoms in total. The number of rotatable bonds is 3. The first-order valence-electron chi connectivity index (χ1n) is 10.9. The summed E-state index contributed by atoms with van der Waals surface area (Å²) in [6, 6.07) is 10.7. The number of benzene rings is 1. The Morgan fingerprint density at radius 3 is 2.41 bits per heavy atom. The molecule has 0 atom stereocenters. The monoisotopic (exact) mass is 440 g/mol. The van der Waals surface area contributed by atoms with Crippen molar-refractivity contribution in [3.63, 3.8) is 0 Å². The molecule has 32 heavy (non-hydrogen) atoms. The number of nitrogens with two attached hydrogens (primary N) is 2. The van der Waals surface area contributed by atoms with E-state index < -0.39 is 0 Å². The van der Waals surface area contributed by atoms with Gasteiger partial charge in [0.25, 0.3) is 0 Å². The minimum Gasteiger partial charge on any atom is -0.378 e. The number of primary amides is 1. The van der Waals surface area contributed by atoms with E-state index in [1.54, 1.807) is 0 Å². The van der Waals surface area contributed by atoms with Crippen molar-refractivity contribution < 1.29 is 9.53 Å². The molecule has 0 radical (unpaired) electrons. The van der Waals surface area contributed by atoms with E-state index in [-0.39, 0.29) is 6.41 Å². The van der Waals surface area contributed by atoms with Crippen LogP contribution in [0.3, 0.4) is 0 Å². The summed E-state index contributed by atoms with van der Waals surface area (Å²) in [6.45, 7) is 5.13. The second-order valence-electron chi connectivity index (χ2n) is 7.28. The lowest BCUT2D eigenvalue weighted by Crippen LogP contribution is -2.37. The quantitative estimate of drug-likeness (QED) is 0.512. The molecule has 5 N–H and O–H groups in total. The summed E-state index contributed by atoms with van der Waals surface area (Å²) in [7, 11) is 1.50. The molecule has 3 aromatic rings. The number of anilines is 1. The fraction of sp³-hybridized carbons (Fsp3) is 0.455. The van der Waals surface area contributed by atoms with Gasteiger partial charge in [-0.15, -0.1) is 0 Å². The number of morpholine rings is 1. The zero-order valence-electron chi connectivity index (χ0n) is 18.5. The molecule has 0 spiro atoms. The molecule has 172 valence electrons. The molecule has 0 bridgehead atoms. The number of carbonyl (C=O) groups is 1. The van der Waals surface area contributed by atoms with Crippen molar-refractivity contribution in [1.29, 1.82) is 0 Å². The van der Waals surface area contributed by atoms with E-state index in [0.29, 0.717) is 6.04 Å². The molecule has 0 unspecified atom stereocenters. The molecule has 2 aliphatic heterocycles. The van der Waals surface area contributed by atoms with Crippen LogP contribution in [0.25, 0.3) is 22.3 Å². The highest BCUT2D eigenvalue weighted by Crippen LogP contribution is 2.31. The first kappa shape index (κ1) is 23.6. The highest BCUT2D eigenvalue weighted by molar-refractivity contribution is 5.91. The van der Waals surface area contributed by atoms with Crippen molar-refractivity contribution in [2.75, 3.05) is 51.3 Å². The fourth-order valence-corrected chi connectivity index (χ4v) is 3.95. The van der Waals surface area contributed by atoms with Crippen molar-refractivity contribution in [2.24, 2.45) is 11.5 Å². The number of aromatic nitrogens is 4. The zero-order valence-corrected chi connectivity index (χ0v) is 18.5. The molecule has 1 amide bonds. The van der Waals surface area contributed by atoms with Crippen LogP contribution in [0.2, 0.25) is 0 Å². The van der Waals surface area contributed by atoms with Gasteiger partial charge in [0.15, 0.2) is 5.65 Å². The predicted octanol–water partition coefficient (Wildman–Crippen LogP) is 0.931. The second kappa shape index (κ2) is 12.1. The van der Waals surface area contributed by atoms with Gasteiger partial charge in [0, 0.05) is 18.7 Å². The number of nitrogens with zero attached hydrogens (tertiary/aromatic N) is 5. The Morgan fingerprint density at radius 1 is 1.09 bits per heavy atom. The van der Waals surface area contributed by atoms with Crippen molar-refractivity contribution in [3.8, 4) is 11.3 Å². The molecule has 2 aliphatic rings. The average molecular weight is 441 g/mol. The fourth-order valence-electron chi connectivity index (χ4n) is 3.95. The number of carbonyl (C=O) groups excluding carboxylic acids is 1. The number of hydrogen-bond acceptors (Lipinski definition) is 8. The number of nitrogens with one attached hydrogen (secondary N) is 1. The lowest BCUT2D eigenvalue weighted by atomic mass is 10.1. The Bertz CT molecular complexity index is 967. The molecular formula is C22H32N8O2. The third-order valence-electron chi connectivity index (χ3n) is 5.44. The van der Waals surface area contributed by atoms with Gasteiger partial charge in [0.2, 0.25) is 12.4 Å². The molecule has 0 aliphatic carbocycles. The highest BCUT2D eigenvalue weighted by atomic mass is 16.5. The summed E-state index contributed by atoms with van der Waals surface area (Å²) < 4.78 is 7.63. The smallest absolute Gasteiger partial charge is 0.228 e. The van der Waals surface area contributed by atoms with Gasteiger partial charge in [0.05, 0.1) is 36.5 Å². The largest absolute Gasteiger partial charge is 0.378 e. The van der Waals surface area contributed by atoms with E-state index in [9.17, 15) is 0 Å². The van der Waals surface area contributed by atoms with Gasteiger partial charge >= 0.3 is 0 Å². The Kier molecular flexibility index (Phi) is 8.90. The summed E-state index contributed by atoms with van der Waals surface area (Å²) in [4.78, 5) is 20.7. The normalized spacial score (nSPS) is 16.5. The van der Waals surface area contributed by atoms with Crippen LogP contribution in [0.15, 0.2) is 36.5 Å². The number of ether oxygens (including phenoxy) is 1. The maximum Gasteiger partial charge on any atom is 0.228 e. The van der Waals surface area contributed by atoms with Crippen LogP contribution in [0.5, 0.6) is 0 Å². The van der Waals surface area contributed by atoms with Gasteiger partial charge < -0.3 is 26.4 Å². The van der Waals surface area contributed by atoms with Gasteiger partial charge in [-0.1, -0.05) is 30.3 Å².